The van der Waals surface area contributed by atoms with E-state index in [9.17, 15) is 32.7 Å². The van der Waals surface area contributed by atoms with E-state index in [1.165, 1.54) is 15.3 Å². The quantitative estimate of drug-likeness (QED) is 0.297. The molecule has 3 fully saturated rings. The SMILES string of the molecule is C=CC1C[C@]1(NC(=O)[C@@H]1CCCN1C(=O)[C@@H](NC(=O)NC(CN1CCCS1(=O)=O)C(C)(C)C)C(C)(C)C)C(=O)O. The molecule has 0 aromatic heterocycles. The van der Waals surface area contributed by atoms with Crippen molar-refractivity contribution in [3.63, 3.8) is 0 Å². The Hall–Kier alpha value is -2.67. The van der Waals surface area contributed by atoms with Crippen molar-refractivity contribution in [1.82, 2.24) is 25.2 Å². The second-order valence-electron chi connectivity index (χ2n) is 13.4. The Morgan fingerprint density at radius 1 is 1.05 bits per heavy atom. The maximum Gasteiger partial charge on any atom is 0.330 e. The Morgan fingerprint density at radius 3 is 2.17 bits per heavy atom. The average Bonchev–Trinajstić information content (AvgIpc) is 3.14. The number of nitrogens with zero attached hydrogens (tertiary/aromatic N) is 2. The highest BCUT2D eigenvalue weighted by atomic mass is 32.2. The van der Waals surface area contributed by atoms with Gasteiger partial charge in [0.15, 0.2) is 0 Å². The fraction of sp³-hybridized carbons (Fsp3) is 0.778. The van der Waals surface area contributed by atoms with Crippen LogP contribution in [0.1, 0.15) is 67.2 Å². The molecule has 4 amide bonds. The molecule has 5 atom stereocenters. The second kappa shape index (κ2) is 11.3. The Morgan fingerprint density at radius 2 is 1.70 bits per heavy atom. The molecule has 0 bridgehead atoms. The van der Waals surface area contributed by atoms with E-state index in [1.54, 1.807) is 20.8 Å². The van der Waals surface area contributed by atoms with Crippen molar-refractivity contribution in [1.29, 1.82) is 0 Å². The van der Waals surface area contributed by atoms with Gasteiger partial charge >= 0.3 is 12.0 Å². The molecule has 3 aliphatic rings. The number of carbonyl (C=O) groups excluding carboxylic acids is 3. The average molecular weight is 584 g/mol. The first-order chi connectivity index (χ1) is 18.3. The van der Waals surface area contributed by atoms with E-state index in [1.807, 2.05) is 20.8 Å². The zero-order valence-corrected chi connectivity index (χ0v) is 25.3. The number of carbonyl (C=O) groups is 4. The fourth-order valence-corrected chi connectivity index (χ4v) is 6.94. The molecule has 0 spiro atoms. The van der Waals surface area contributed by atoms with Gasteiger partial charge in [0.25, 0.3) is 0 Å². The number of urea groups is 1. The van der Waals surface area contributed by atoms with Crippen molar-refractivity contribution < 1.29 is 32.7 Å². The summed E-state index contributed by atoms with van der Waals surface area (Å²) in [5, 5.41) is 18.0. The first-order valence-electron chi connectivity index (χ1n) is 13.9. The molecule has 1 aliphatic carbocycles. The van der Waals surface area contributed by atoms with E-state index in [0.29, 0.717) is 32.4 Å². The number of amides is 4. The smallest absolute Gasteiger partial charge is 0.330 e. The van der Waals surface area contributed by atoms with E-state index in [4.69, 9.17) is 0 Å². The Bertz CT molecular complexity index is 1140. The fourth-order valence-electron chi connectivity index (χ4n) is 5.40. The Labute approximate surface area is 237 Å². The number of sulfonamides is 1. The minimum atomic E-state index is -3.36. The summed E-state index contributed by atoms with van der Waals surface area (Å²) in [7, 11) is -3.36. The van der Waals surface area contributed by atoms with Gasteiger partial charge in [-0.05, 0) is 36.5 Å². The highest BCUT2D eigenvalue weighted by Gasteiger charge is 2.61. The van der Waals surface area contributed by atoms with Gasteiger partial charge < -0.3 is 26.0 Å². The maximum atomic E-state index is 13.8. The van der Waals surface area contributed by atoms with Crippen molar-refractivity contribution in [2.75, 3.05) is 25.4 Å². The molecular weight excluding hydrogens is 538 g/mol. The number of carboxylic acids is 1. The molecule has 40 heavy (non-hydrogen) atoms. The summed E-state index contributed by atoms with van der Waals surface area (Å²) in [6.45, 7) is 15.6. The molecule has 2 heterocycles. The van der Waals surface area contributed by atoms with Crippen molar-refractivity contribution in [3.8, 4) is 0 Å². The third kappa shape index (κ3) is 6.79. The van der Waals surface area contributed by atoms with Crippen LogP contribution in [0, 0.1) is 16.7 Å². The molecule has 0 aromatic rings. The number of hydrogen-bond acceptors (Lipinski definition) is 6. The lowest BCUT2D eigenvalue weighted by molar-refractivity contribution is -0.146. The van der Waals surface area contributed by atoms with Gasteiger partial charge in [-0.2, -0.15) is 4.31 Å². The van der Waals surface area contributed by atoms with E-state index in [2.05, 4.69) is 22.5 Å². The van der Waals surface area contributed by atoms with Crippen molar-refractivity contribution in [2.45, 2.75) is 90.9 Å². The lowest BCUT2D eigenvalue weighted by Crippen LogP contribution is -2.62. The predicted octanol–water partition coefficient (Wildman–Crippen LogP) is 1.29. The maximum absolute atomic E-state index is 13.8. The van der Waals surface area contributed by atoms with E-state index < -0.39 is 68.3 Å². The molecule has 226 valence electrons. The summed E-state index contributed by atoms with van der Waals surface area (Å²) in [6.07, 6.45) is 3.24. The van der Waals surface area contributed by atoms with Crippen LogP contribution in [0.2, 0.25) is 0 Å². The van der Waals surface area contributed by atoms with E-state index in [-0.39, 0.29) is 24.6 Å². The van der Waals surface area contributed by atoms with Crippen molar-refractivity contribution in [3.05, 3.63) is 12.7 Å². The molecule has 0 radical (unpaired) electrons. The molecule has 2 saturated heterocycles. The van der Waals surface area contributed by atoms with Gasteiger partial charge in [0.05, 0.1) is 5.75 Å². The summed E-state index contributed by atoms with van der Waals surface area (Å²) in [5.41, 5.74) is -2.59. The summed E-state index contributed by atoms with van der Waals surface area (Å²) in [6, 6.07) is -2.98. The molecule has 2 aliphatic heterocycles. The largest absolute Gasteiger partial charge is 0.479 e. The molecule has 4 N–H and O–H groups in total. The summed E-state index contributed by atoms with van der Waals surface area (Å²) < 4.78 is 26.2. The van der Waals surface area contributed by atoms with Crippen LogP contribution in [0.3, 0.4) is 0 Å². The monoisotopic (exact) mass is 583 g/mol. The van der Waals surface area contributed by atoms with Crippen molar-refractivity contribution >= 4 is 33.8 Å². The van der Waals surface area contributed by atoms with Gasteiger partial charge in [-0.15, -0.1) is 6.58 Å². The Kier molecular flexibility index (Phi) is 9.00. The van der Waals surface area contributed by atoms with Gasteiger partial charge in [0.2, 0.25) is 21.8 Å². The minimum Gasteiger partial charge on any atom is -0.479 e. The molecule has 13 heteroatoms. The minimum absolute atomic E-state index is 0.0864. The summed E-state index contributed by atoms with van der Waals surface area (Å²) >= 11 is 0. The van der Waals surface area contributed by atoms with Gasteiger partial charge in [0.1, 0.15) is 17.6 Å². The molecule has 3 rings (SSSR count). The lowest BCUT2D eigenvalue weighted by atomic mass is 9.85. The van der Waals surface area contributed by atoms with Crippen LogP contribution in [0.25, 0.3) is 0 Å². The van der Waals surface area contributed by atoms with Gasteiger partial charge in [0, 0.05) is 31.6 Å². The topological polar surface area (TPSA) is 165 Å². The summed E-state index contributed by atoms with van der Waals surface area (Å²) in [5.74, 6) is -2.39. The summed E-state index contributed by atoms with van der Waals surface area (Å²) in [4.78, 5) is 53.5. The number of likely N-dealkylation sites (tertiary alicyclic amines) is 1. The van der Waals surface area contributed by atoms with Crippen LogP contribution < -0.4 is 16.0 Å². The highest BCUT2D eigenvalue weighted by molar-refractivity contribution is 7.89. The molecular formula is C27H45N5O7S. The molecule has 2 unspecified atom stereocenters. The molecule has 12 nitrogen and oxygen atoms in total. The first kappa shape index (κ1) is 31.9. The predicted molar refractivity (Wildman–Crippen MR) is 150 cm³/mol. The zero-order chi connectivity index (χ0) is 30.3. The second-order valence-corrected chi connectivity index (χ2v) is 15.5. The number of aliphatic carboxylic acids is 1. The van der Waals surface area contributed by atoms with Crippen LogP contribution in [0.5, 0.6) is 0 Å². The number of rotatable bonds is 9. The van der Waals surface area contributed by atoms with Crippen molar-refractivity contribution in [2.24, 2.45) is 16.7 Å². The molecule has 0 aromatic carbocycles. The van der Waals surface area contributed by atoms with Gasteiger partial charge in [-0.25, -0.2) is 18.0 Å². The van der Waals surface area contributed by atoms with E-state index >= 15 is 0 Å². The normalized spacial score (nSPS) is 27.9. The van der Waals surface area contributed by atoms with Crippen LogP contribution >= 0.6 is 0 Å². The highest BCUT2D eigenvalue weighted by Crippen LogP contribution is 2.45. The zero-order valence-electron chi connectivity index (χ0n) is 24.5. The lowest BCUT2D eigenvalue weighted by Gasteiger charge is -2.37. The third-order valence-electron chi connectivity index (χ3n) is 8.19. The van der Waals surface area contributed by atoms with Crippen LogP contribution in [-0.4, -0.2) is 95.6 Å². The Balaban J connectivity index is 1.73. The molecule has 1 saturated carbocycles. The first-order valence-corrected chi connectivity index (χ1v) is 15.5. The standard InChI is InChI=1S/C27H45N5O7S/c1-8-17-15-27(17,23(35)36)30-21(33)18-11-9-13-32(18)22(34)20(26(5,6)7)29-24(37)28-19(25(2,3)4)16-31-12-10-14-40(31,38)39/h8,17-20H,1,9-16H2,2-7H3,(H,30,33)(H,35,36)(H2,28,29,37)/t17?,18-,19?,20+,27+/m0/s1. The number of hydrogen-bond donors (Lipinski definition) is 4. The third-order valence-corrected chi connectivity index (χ3v) is 10.1. The van der Waals surface area contributed by atoms with Crippen LogP contribution in [0.15, 0.2) is 12.7 Å². The van der Waals surface area contributed by atoms with E-state index in [0.717, 1.165) is 0 Å². The van der Waals surface area contributed by atoms with Gasteiger partial charge in [-0.3, -0.25) is 9.59 Å². The number of nitrogens with one attached hydrogen (secondary N) is 3. The van der Waals surface area contributed by atoms with Crippen LogP contribution in [0.4, 0.5) is 4.79 Å². The van der Waals surface area contributed by atoms with Gasteiger partial charge in [-0.1, -0.05) is 47.6 Å². The number of carboxylic acid groups (broad SMARTS) is 1. The van der Waals surface area contributed by atoms with Crippen LogP contribution in [-0.2, 0) is 24.4 Å².